The number of halogens is 2. The van der Waals surface area contributed by atoms with Crippen LogP contribution in [0.5, 0.6) is 0 Å². The first-order chi connectivity index (χ1) is 3.50. The van der Waals surface area contributed by atoms with E-state index < -0.39 is 8.07 Å². The minimum Gasteiger partial charge on any atom is -0.109 e. The lowest BCUT2D eigenvalue weighted by molar-refractivity contribution is 1.54. The third kappa shape index (κ3) is 2.53. The molecule has 0 spiro atoms. The number of rotatable bonds is 2. The summed E-state index contributed by atoms with van der Waals surface area (Å²) in [7, 11) is 2.10. The lowest BCUT2D eigenvalue weighted by atomic mass is 11.7. The third-order valence-corrected chi connectivity index (χ3v) is 9.42. The van der Waals surface area contributed by atoms with E-state index in [4.69, 9.17) is 23.2 Å². The molecule has 3 radical (unpaired) electrons. The number of hydrogen-bond acceptors (Lipinski definition) is 0. The molecule has 0 aromatic carbocycles. The van der Waals surface area contributed by atoms with Crippen molar-refractivity contribution < 1.29 is 0 Å². The molecular formula is C4H9Cl2Si2. The SMILES string of the molecule is C[Si](C)(C[Si])C(Cl)Cl. The van der Waals surface area contributed by atoms with Crippen molar-refractivity contribution in [2.75, 3.05) is 0 Å². The molecule has 0 heterocycles. The monoisotopic (exact) mass is 183 g/mol. The van der Waals surface area contributed by atoms with Crippen LogP contribution in [0, 0.1) is 0 Å². The Labute approximate surface area is 65.0 Å². The van der Waals surface area contributed by atoms with Crippen LogP contribution in [0.25, 0.3) is 0 Å². The van der Waals surface area contributed by atoms with Gasteiger partial charge in [-0.1, -0.05) is 18.8 Å². The van der Waals surface area contributed by atoms with Crippen molar-refractivity contribution in [2.24, 2.45) is 0 Å². The van der Waals surface area contributed by atoms with Gasteiger partial charge in [0.15, 0.2) is 0 Å². The van der Waals surface area contributed by atoms with Gasteiger partial charge in [-0.25, -0.2) is 0 Å². The molecule has 0 N–H and O–H groups in total. The average molecular weight is 184 g/mol. The van der Waals surface area contributed by atoms with E-state index in [-0.39, 0.29) is 4.46 Å². The van der Waals surface area contributed by atoms with E-state index in [1.807, 2.05) is 0 Å². The van der Waals surface area contributed by atoms with Crippen molar-refractivity contribution in [1.29, 1.82) is 0 Å². The summed E-state index contributed by atoms with van der Waals surface area (Å²) < 4.78 is -0.153. The molecule has 0 nitrogen and oxygen atoms in total. The Morgan fingerprint density at radius 2 is 1.88 bits per heavy atom. The van der Waals surface area contributed by atoms with Crippen LogP contribution in [0.1, 0.15) is 0 Å². The van der Waals surface area contributed by atoms with Crippen LogP contribution < -0.4 is 0 Å². The fourth-order valence-corrected chi connectivity index (χ4v) is 2.08. The predicted octanol–water partition coefficient (Wildman–Crippen LogP) is 2.16. The van der Waals surface area contributed by atoms with E-state index in [1.54, 1.807) is 0 Å². The molecule has 0 fully saturated rings. The molecule has 0 atom stereocenters. The first-order valence-electron chi connectivity index (χ1n) is 2.43. The van der Waals surface area contributed by atoms with E-state index >= 15 is 0 Å². The second kappa shape index (κ2) is 3.25. The van der Waals surface area contributed by atoms with Gasteiger partial charge in [0.1, 0.15) is 0 Å². The van der Waals surface area contributed by atoms with Crippen molar-refractivity contribution in [3.05, 3.63) is 0 Å². The number of hydrogen-bond donors (Lipinski definition) is 0. The Hall–Kier alpha value is 1.01. The van der Waals surface area contributed by atoms with Gasteiger partial charge < -0.3 is 0 Å². The smallest absolute Gasteiger partial charge is 0.0968 e. The summed E-state index contributed by atoms with van der Waals surface area (Å²) in [5.41, 5.74) is 0.963. The van der Waals surface area contributed by atoms with Crippen molar-refractivity contribution in [3.63, 3.8) is 0 Å². The van der Waals surface area contributed by atoms with Crippen molar-refractivity contribution in [1.82, 2.24) is 0 Å². The zero-order valence-corrected chi connectivity index (χ0v) is 8.55. The van der Waals surface area contributed by atoms with E-state index in [1.165, 1.54) is 0 Å². The molecule has 0 aromatic heterocycles. The number of alkyl halides is 2. The largest absolute Gasteiger partial charge is 0.109 e. The van der Waals surface area contributed by atoms with Crippen LogP contribution in [0.15, 0.2) is 0 Å². The zero-order chi connectivity index (χ0) is 6.78. The quantitative estimate of drug-likeness (QED) is 0.455. The van der Waals surface area contributed by atoms with Crippen molar-refractivity contribution in [3.8, 4) is 0 Å². The fraction of sp³-hybridized carbons (Fsp3) is 1.00. The topological polar surface area (TPSA) is 0 Å². The molecule has 0 aliphatic carbocycles. The lowest BCUT2D eigenvalue weighted by Gasteiger charge is -2.20. The normalized spacial score (nSPS) is 12.8. The Morgan fingerprint density at radius 3 is 1.88 bits per heavy atom. The summed E-state index contributed by atoms with van der Waals surface area (Å²) in [6, 6.07) is 0. The van der Waals surface area contributed by atoms with Crippen LogP contribution in [0.4, 0.5) is 0 Å². The van der Waals surface area contributed by atoms with Crippen LogP contribution in [0.3, 0.4) is 0 Å². The van der Waals surface area contributed by atoms with Crippen LogP contribution >= 0.6 is 23.2 Å². The Kier molecular flexibility index (Phi) is 3.66. The molecular weight excluding hydrogens is 175 g/mol. The van der Waals surface area contributed by atoms with Gasteiger partial charge in [0.2, 0.25) is 0 Å². The van der Waals surface area contributed by atoms with E-state index in [9.17, 15) is 0 Å². The second-order valence-electron chi connectivity index (χ2n) is 2.47. The average Bonchev–Trinajstić information content (AvgIpc) is 1.67. The van der Waals surface area contributed by atoms with Gasteiger partial charge in [-0.2, -0.15) is 0 Å². The summed E-state index contributed by atoms with van der Waals surface area (Å²) in [6.45, 7) is 4.29. The Morgan fingerprint density at radius 1 is 1.50 bits per heavy atom. The van der Waals surface area contributed by atoms with Crippen LogP contribution in [0.2, 0.25) is 18.8 Å². The molecule has 47 valence electrons. The molecule has 0 saturated carbocycles. The minimum atomic E-state index is -1.31. The van der Waals surface area contributed by atoms with Gasteiger partial charge in [-0.15, -0.1) is 23.2 Å². The lowest BCUT2D eigenvalue weighted by Crippen LogP contribution is -2.33. The summed E-state index contributed by atoms with van der Waals surface area (Å²) in [4.78, 5) is 0. The standard InChI is InChI=1S/C4H9Cl2Si2/c1-8(2,3-7)4(5)6/h4H,3H2,1-2H3. The second-order valence-corrected chi connectivity index (χ2v) is 10.3. The molecule has 0 bridgehead atoms. The Bertz CT molecular complexity index is 72.4. The molecule has 4 heteroatoms. The highest BCUT2D eigenvalue weighted by Crippen LogP contribution is 2.20. The summed E-state index contributed by atoms with van der Waals surface area (Å²) in [5, 5.41) is 0. The Balaban J connectivity index is 3.71. The van der Waals surface area contributed by atoms with Gasteiger partial charge in [-0.3, -0.25) is 0 Å². The van der Waals surface area contributed by atoms with Crippen molar-refractivity contribution in [2.45, 2.75) is 23.2 Å². The predicted molar refractivity (Wildman–Crippen MR) is 43.5 cm³/mol. The van der Waals surface area contributed by atoms with Gasteiger partial charge in [0.05, 0.1) is 12.5 Å². The fourth-order valence-electron chi connectivity index (χ4n) is 0.0772. The molecule has 0 rings (SSSR count). The maximum Gasteiger partial charge on any atom is 0.0968 e. The van der Waals surface area contributed by atoms with Crippen LogP contribution in [-0.4, -0.2) is 22.8 Å². The van der Waals surface area contributed by atoms with Gasteiger partial charge >= 0.3 is 0 Å². The maximum atomic E-state index is 5.67. The maximum absolute atomic E-state index is 5.67. The highest BCUT2D eigenvalue weighted by Gasteiger charge is 2.25. The molecule has 8 heavy (non-hydrogen) atoms. The minimum absolute atomic E-state index is 0.153. The molecule has 0 aliphatic rings. The van der Waals surface area contributed by atoms with Crippen molar-refractivity contribution >= 4 is 41.5 Å². The summed E-state index contributed by atoms with van der Waals surface area (Å²) >= 11 is 11.3. The van der Waals surface area contributed by atoms with Crippen LogP contribution in [-0.2, 0) is 0 Å². The van der Waals surface area contributed by atoms with E-state index in [0.717, 1.165) is 5.67 Å². The highest BCUT2D eigenvalue weighted by atomic mass is 35.5. The first kappa shape index (κ1) is 9.01. The van der Waals surface area contributed by atoms with Gasteiger partial charge in [0, 0.05) is 10.2 Å². The molecule has 0 unspecified atom stereocenters. The summed E-state index contributed by atoms with van der Waals surface area (Å²) in [6.07, 6.45) is 0. The molecule has 0 saturated heterocycles. The first-order valence-corrected chi connectivity index (χ1v) is 7.30. The van der Waals surface area contributed by atoms with E-state index in [0.29, 0.717) is 0 Å². The van der Waals surface area contributed by atoms with Gasteiger partial charge in [0.25, 0.3) is 0 Å². The molecule has 0 aliphatic heterocycles. The zero-order valence-electron chi connectivity index (χ0n) is 5.04. The van der Waals surface area contributed by atoms with E-state index in [2.05, 4.69) is 23.3 Å². The molecule has 0 amide bonds. The summed E-state index contributed by atoms with van der Waals surface area (Å²) in [5.74, 6) is 0. The highest BCUT2D eigenvalue weighted by molar-refractivity contribution is 6.94. The third-order valence-electron chi connectivity index (χ3n) is 1.05. The van der Waals surface area contributed by atoms with Gasteiger partial charge in [-0.05, 0) is 0 Å². The molecule has 0 aromatic rings.